The van der Waals surface area contributed by atoms with Crippen molar-refractivity contribution in [2.75, 3.05) is 0 Å². The zero-order valence-corrected chi connectivity index (χ0v) is 7.42. The standard InChI is InChI=1S/C5H10.W/c1-5(2,3)4;/h1H,2-4H3;. The van der Waals surface area contributed by atoms with Gasteiger partial charge in [0.25, 0.3) is 0 Å². The van der Waals surface area contributed by atoms with Gasteiger partial charge < -0.3 is 0 Å². The maximum atomic E-state index is 2.27. The van der Waals surface area contributed by atoms with Crippen LogP contribution in [0.25, 0.3) is 0 Å². The predicted octanol–water partition coefficient (Wildman–Crippen LogP) is 1.38. The normalized spacial score (nSPS) is 11.2. The van der Waals surface area contributed by atoms with E-state index in [2.05, 4.69) is 25.2 Å². The van der Waals surface area contributed by atoms with E-state index in [1.807, 2.05) is 0 Å². The monoisotopic (exact) mass is 254 g/mol. The Hall–Kier alpha value is 0.558. The molecule has 0 fully saturated rings. The summed E-state index contributed by atoms with van der Waals surface area (Å²) in [5, 5.41) is 0. The van der Waals surface area contributed by atoms with Gasteiger partial charge in [-0.3, -0.25) is 0 Å². The van der Waals surface area contributed by atoms with Gasteiger partial charge in [0.05, 0.1) is 0 Å². The number of rotatable bonds is 0. The van der Waals surface area contributed by atoms with Crippen LogP contribution in [0.15, 0.2) is 0 Å². The average molecular weight is 254 g/mol. The molecule has 0 unspecified atom stereocenters. The van der Waals surface area contributed by atoms with Gasteiger partial charge in [0.1, 0.15) is 0 Å². The molecular weight excluding hydrogens is 244 g/mol. The Morgan fingerprint density at radius 3 is 1.50 bits per heavy atom. The first-order valence-corrected chi connectivity index (χ1v) is 3.72. The fourth-order valence-electron chi connectivity index (χ4n) is 0. The topological polar surface area (TPSA) is 0 Å². The van der Waals surface area contributed by atoms with E-state index in [1.165, 1.54) is 0 Å². The van der Waals surface area contributed by atoms with Crippen molar-refractivity contribution in [3.8, 4) is 0 Å². The molecule has 0 amide bonds. The summed E-state index contributed by atoms with van der Waals surface area (Å²) in [5.74, 6) is 0. The molecule has 0 aliphatic carbocycles. The minimum absolute atomic E-state index is 0.454. The van der Waals surface area contributed by atoms with Crippen molar-refractivity contribution < 1.29 is 19.4 Å². The molecule has 0 aliphatic heterocycles. The van der Waals surface area contributed by atoms with Crippen LogP contribution in [0.3, 0.4) is 0 Å². The van der Waals surface area contributed by atoms with Gasteiger partial charge in [-0.15, -0.1) is 0 Å². The summed E-state index contributed by atoms with van der Waals surface area (Å²) < 4.78 is 2.27. The summed E-state index contributed by atoms with van der Waals surface area (Å²) in [5.41, 5.74) is 0.454. The molecule has 6 heavy (non-hydrogen) atoms. The second-order valence-corrected chi connectivity index (χ2v) is 3.33. The number of hydrogen-bond donors (Lipinski definition) is 0. The molecule has 0 atom stereocenters. The summed E-state index contributed by atoms with van der Waals surface area (Å²) in [6, 6.07) is 0. The average Bonchev–Trinajstić information content (AvgIpc) is 1.35. The molecule has 0 radical (unpaired) electrons. The van der Waals surface area contributed by atoms with E-state index in [1.54, 1.807) is 19.4 Å². The van der Waals surface area contributed by atoms with Crippen molar-refractivity contribution in [1.29, 1.82) is 0 Å². The molecule has 0 aliphatic rings. The number of hydrogen-bond acceptors (Lipinski definition) is 0. The van der Waals surface area contributed by atoms with E-state index >= 15 is 0 Å². The van der Waals surface area contributed by atoms with Gasteiger partial charge in [0, 0.05) is 0 Å². The molecule has 0 N–H and O–H groups in total. The quantitative estimate of drug-likeness (QED) is 0.612. The first kappa shape index (κ1) is 6.56. The van der Waals surface area contributed by atoms with Crippen molar-refractivity contribution in [2.45, 2.75) is 20.8 Å². The van der Waals surface area contributed by atoms with Gasteiger partial charge in [-0.05, 0) is 0 Å². The van der Waals surface area contributed by atoms with Crippen molar-refractivity contribution >= 4 is 4.40 Å². The van der Waals surface area contributed by atoms with Gasteiger partial charge >= 0.3 is 49.9 Å². The predicted molar refractivity (Wildman–Crippen MR) is 25.5 cm³/mol. The SMILES string of the molecule is CC(C)(C)[CH]=[W]. The van der Waals surface area contributed by atoms with E-state index in [4.69, 9.17) is 0 Å². The summed E-state index contributed by atoms with van der Waals surface area (Å²) in [4.78, 5) is 0. The third-order valence-electron chi connectivity index (χ3n) is 0.354. The van der Waals surface area contributed by atoms with Gasteiger partial charge in [-0.2, -0.15) is 0 Å². The molecule has 0 nitrogen and oxygen atoms in total. The summed E-state index contributed by atoms with van der Waals surface area (Å²) in [7, 11) is 0. The first-order valence-electron chi connectivity index (χ1n) is 2.02. The van der Waals surface area contributed by atoms with Crippen molar-refractivity contribution in [3.63, 3.8) is 0 Å². The van der Waals surface area contributed by atoms with Crippen LogP contribution in [0.1, 0.15) is 20.8 Å². The molecule has 0 aromatic heterocycles. The van der Waals surface area contributed by atoms with Crippen LogP contribution in [-0.2, 0) is 19.4 Å². The van der Waals surface area contributed by atoms with Crippen LogP contribution in [0.5, 0.6) is 0 Å². The van der Waals surface area contributed by atoms with E-state index in [-0.39, 0.29) is 0 Å². The molecule has 0 bridgehead atoms. The van der Waals surface area contributed by atoms with Crippen molar-refractivity contribution in [2.24, 2.45) is 5.41 Å². The zero-order chi connectivity index (χ0) is 5.21. The minimum atomic E-state index is 0.454. The second kappa shape index (κ2) is 2.02. The van der Waals surface area contributed by atoms with Gasteiger partial charge in [0.2, 0.25) is 0 Å². The molecule has 0 saturated carbocycles. The third kappa shape index (κ3) is 4.56. The van der Waals surface area contributed by atoms with E-state index in [0.717, 1.165) is 0 Å². The van der Waals surface area contributed by atoms with Gasteiger partial charge in [-0.25, -0.2) is 0 Å². The van der Waals surface area contributed by atoms with Gasteiger partial charge in [-0.1, -0.05) is 0 Å². The molecular formula is C5H10W. The Labute approximate surface area is 50.4 Å². The van der Waals surface area contributed by atoms with Gasteiger partial charge in [0.15, 0.2) is 0 Å². The fraction of sp³-hybridized carbons (Fsp3) is 0.800. The van der Waals surface area contributed by atoms with Crippen LogP contribution < -0.4 is 0 Å². The molecule has 0 aromatic rings. The van der Waals surface area contributed by atoms with Crippen LogP contribution in [0.4, 0.5) is 0 Å². The molecule has 36 valence electrons. The zero-order valence-electron chi connectivity index (χ0n) is 4.49. The Kier molecular flexibility index (Phi) is 2.21. The van der Waals surface area contributed by atoms with E-state index in [9.17, 15) is 0 Å². The Morgan fingerprint density at radius 1 is 1.33 bits per heavy atom. The van der Waals surface area contributed by atoms with Crippen LogP contribution in [-0.4, -0.2) is 4.40 Å². The first-order chi connectivity index (χ1) is 2.56. The summed E-state index contributed by atoms with van der Waals surface area (Å²) in [6.07, 6.45) is 0. The Bertz CT molecular complexity index is 49.4. The van der Waals surface area contributed by atoms with E-state index in [0.29, 0.717) is 5.41 Å². The summed E-state index contributed by atoms with van der Waals surface area (Å²) in [6.45, 7) is 6.62. The van der Waals surface area contributed by atoms with Crippen molar-refractivity contribution in [3.05, 3.63) is 0 Å². The molecule has 0 aromatic carbocycles. The fourth-order valence-corrected chi connectivity index (χ4v) is 0. The van der Waals surface area contributed by atoms with Crippen LogP contribution >= 0.6 is 0 Å². The van der Waals surface area contributed by atoms with Crippen molar-refractivity contribution in [1.82, 2.24) is 0 Å². The summed E-state index contributed by atoms with van der Waals surface area (Å²) >= 11 is 1.57. The molecule has 1 heteroatoms. The van der Waals surface area contributed by atoms with Crippen LogP contribution in [0, 0.1) is 5.41 Å². The Balaban J connectivity index is 3.45. The second-order valence-electron chi connectivity index (χ2n) is 2.48. The van der Waals surface area contributed by atoms with E-state index < -0.39 is 0 Å². The molecule has 0 rings (SSSR count). The molecule has 0 heterocycles. The maximum absolute atomic E-state index is 2.27. The van der Waals surface area contributed by atoms with Crippen LogP contribution in [0.2, 0.25) is 0 Å². The molecule has 0 spiro atoms. The Morgan fingerprint density at radius 2 is 1.50 bits per heavy atom. The third-order valence-corrected chi connectivity index (χ3v) is 2.89. The molecule has 0 saturated heterocycles.